The van der Waals surface area contributed by atoms with Crippen LogP contribution in [-0.4, -0.2) is 22.2 Å². The van der Waals surface area contributed by atoms with Crippen LogP contribution in [0.2, 0.25) is 0 Å². The zero-order valence-corrected chi connectivity index (χ0v) is 10.5. The lowest BCUT2D eigenvalue weighted by Gasteiger charge is -2.42. The molecular weight excluding hydrogens is 240 g/mol. The van der Waals surface area contributed by atoms with Gasteiger partial charge < -0.3 is 10.2 Å². The molecule has 1 aliphatic carbocycles. The molecule has 0 saturated heterocycles. The van der Waals surface area contributed by atoms with E-state index in [1.54, 1.807) is 0 Å². The third-order valence-corrected chi connectivity index (χ3v) is 4.33. The number of carboxylic acid groups (broad SMARTS) is 2. The van der Waals surface area contributed by atoms with Gasteiger partial charge in [0.05, 0.1) is 0 Å². The minimum Gasteiger partial charge on any atom is -0.477 e. The highest BCUT2D eigenvalue weighted by Gasteiger charge is 2.39. The van der Waals surface area contributed by atoms with Crippen molar-refractivity contribution in [2.75, 3.05) is 0 Å². The lowest BCUT2D eigenvalue weighted by atomic mass is 9.62. The van der Waals surface area contributed by atoms with Crippen molar-refractivity contribution in [2.45, 2.75) is 32.6 Å². The van der Waals surface area contributed by atoms with Crippen molar-refractivity contribution >= 4 is 23.3 Å². The van der Waals surface area contributed by atoms with Crippen LogP contribution in [0.1, 0.15) is 57.5 Å². The smallest absolute Gasteiger partial charge is 0.346 e. The second-order valence-electron chi connectivity index (χ2n) is 5.27. The van der Waals surface area contributed by atoms with Crippen LogP contribution >= 0.6 is 11.3 Å². The van der Waals surface area contributed by atoms with E-state index in [0.29, 0.717) is 5.56 Å². The summed E-state index contributed by atoms with van der Waals surface area (Å²) in [5, 5.41) is 18.0. The van der Waals surface area contributed by atoms with Gasteiger partial charge in [-0.05, 0) is 35.8 Å². The molecule has 2 rings (SSSR count). The molecule has 1 aromatic rings. The number of hydrogen-bond donors (Lipinski definition) is 2. The zero-order chi connectivity index (χ0) is 12.8. The minimum absolute atomic E-state index is 0.113. The van der Waals surface area contributed by atoms with E-state index in [2.05, 4.69) is 13.8 Å². The fourth-order valence-electron chi connectivity index (χ4n) is 2.48. The summed E-state index contributed by atoms with van der Waals surface area (Å²) in [7, 11) is 0. The molecule has 1 aliphatic rings. The van der Waals surface area contributed by atoms with E-state index >= 15 is 0 Å². The normalized spacial score (nSPS) is 18.7. The highest BCUT2D eigenvalue weighted by molar-refractivity contribution is 7.16. The predicted molar refractivity (Wildman–Crippen MR) is 64.0 cm³/mol. The Kier molecular flexibility index (Phi) is 2.73. The Morgan fingerprint density at radius 1 is 1.29 bits per heavy atom. The van der Waals surface area contributed by atoms with Gasteiger partial charge in [0, 0.05) is 0 Å². The van der Waals surface area contributed by atoms with E-state index in [9.17, 15) is 9.59 Å². The van der Waals surface area contributed by atoms with Gasteiger partial charge in [-0.1, -0.05) is 13.8 Å². The van der Waals surface area contributed by atoms with Crippen LogP contribution in [0.25, 0.3) is 0 Å². The first kappa shape index (κ1) is 12.1. The molecule has 0 atom stereocenters. The third-order valence-electron chi connectivity index (χ3n) is 3.20. The number of hydrogen-bond acceptors (Lipinski definition) is 3. The highest BCUT2D eigenvalue weighted by atomic mass is 32.1. The highest BCUT2D eigenvalue weighted by Crippen LogP contribution is 2.52. The minimum atomic E-state index is -1.05. The standard InChI is InChI=1S/C12H14O4S/c1-12(2)4-6(5-12)7-3-8(10(13)14)17-9(7)11(15)16/h3,6H,4-5H2,1-2H3,(H,13,14)(H,15,16). The Balaban J connectivity index is 2.33. The number of aromatic carboxylic acids is 2. The van der Waals surface area contributed by atoms with Gasteiger partial charge in [0.1, 0.15) is 9.75 Å². The monoisotopic (exact) mass is 254 g/mol. The molecule has 0 aromatic carbocycles. The van der Waals surface area contributed by atoms with Crippen molar-refractivity contribution in [2.24, 2.45) is 5.41 Å². The van der Waals surface area contributed by atoms with E-state index in [1.165, 1.54) is 6.07 Å². The van der Waals surface area contributed by atoms with Gasteiger partial charge in [0.15, 0.2) is 0 Å². The van der Waals surface area contributed by atoms with Gasteiger partial charge in [0.2, 0.25) is 0 Å². The maximum absolute atomic E-state index is 11.1. The summed E-state index contributed by atoms with van der Waals surface area (Å²) in [6, 6.07) is 1.52. The van der Waals surface area contributed by atoms with Gasteiger partial charge in [0.25, 0.3) is 0 Å². The second-order valence-corrected chi connectivity index (χ2v) is 6.33. The Bertz CT molecular complexity index is 479. The molecule has 0 unspecified atom stereocenters. The number of rotatable bonds is 3. The summed E-state index contributed by atoms with van der Waals surface area (Å²) >= 11 is 0.854. The maximum atomic E-state index is 11.1. The molecule has 92 valence electrons. The van der Waals surface area contributed by atoms with E-state index < -0.39 is 11.9 Å². The van der Waals surface area contributed by atoms with E-state index in [-0.39, 0.29) is 21.1 Å². The summed E-state index contributed by atoms with van der Waals surface area (Å²) in [4.78, 5) is 22.2. The van der Waals surface area contributed by atoms with Crippen LogP contribution in [0.15, 0.2) is 6.07 Å². The molecule has 0 bridgehead atoms. The fourth-order valence-corrected chi connectivity index (χ4v) is 3.40. The first-order chi connectivity index (χ1) is 7.80. The van der Waals surface area contributed by atoms with Crippen molar-refractivity contribution in [1.82, 2.24) is 0 Å². The topological polar surface area (TPSA) is 74.6 Å². The van der Waals surface area contributed by atoms with Crippen molar-refractivity contribution in [3.05, 3.63) is 21.4 Å². The van der Waals surface area contributed by atoms with Crippen LogP contribution < -0.4 is 0 Å². The molecule has 17 heavy (non-hydrogen) atoms. The number of thiophene rings is 1. The summed E-state index contributed by atoms with van der Waals surface area (Å²) in [6.45, 7) is 4.27. The molecule has 1 fully saturated rings. The summed E-state index contributed by atoms with van der Waals surface area (Å²) in [5.41, 5.74) is 0.936. The third kappa shape index (κ3) is 2.20. The summed E-state index contributed by atoms with van der Waals surface area (Å²) in [6.07, 6.45) is 1.84. The van der Waals surface area contributed by atoms with E-state index in [4.69, 9.17) is 10.2 Å². The molecule has 0 radical (unpaired) electrons. The lowest BCUT2D eigenvalue weighted by molar-refractivity contribution is 0.0688. The van der Waals surface area contributed by atoms with Crippen molar-refractivity contribution in [1.29, 1.82) is 0 Å². The molecule has 4 nitrogen and oxygen atoms in total. The Hall–Kier alpha value is -1.36. The molecule has 2 N–H and O–H groups in total. The molecule has 1 heterocycles. The Morgan fingerprint density at radius 3 is 2.29 bits per heavy atom. The van der Waals surface area contributed by atoms with Crippen molar-refractivity contribution < 1.29 is 19.8 Å². The van der Waals surface area contributed by atoms with Crippen LogP contribution in [0.3, 0.4) is 0 Å². The molecule has 0 spiro atoms. The quantitative estimate of drug-likeness (QED) is 0.869. The van der Waals surface area contributed by atoms with E-state index in [1.807, 2.05) is 0 Å². The van der Waals surface area contributed by atoms with Crippen molar-refractivity contribution in [3.8, 4) is 0 Å². The van der Waals surface area contributed by atoms with Crippen LogP contribution in [-0.2, 0) is 0 Å². The van der Waals surface area contributed by atoms with Gasteiger partial charge in [-0.15, -0.1) is 11.3 Å². The van der Waals surface area contributed by atoms with Gasteiger partial charge in [-0.25, -0.2) is 9.59 Å². The van der Waals surface area contributed by atoms with Crippen LogP contribution in [0.5, 0.6) is 0 Å². The number of carbonyl (C=O) groups is 2. The average molecular weight is 254 g/mol. The average Bonchev–Trinajstić information content (AvgIpc) is 2.57. The number of carboxylic acids is 2. The molecule has 1 aromatic heterocycles. The van der Waals surface area contributed by atoms with Gasteiger partial charge in [-0.3, -0.25) is 0 Å². The van der Waals surface area contributed by atoms with Gasteiger partial charge in [-0.2, -0.15) is 0 Å². The SMILES string of the molecule is CC1(C)CC(c2cc(C(=O)O)sc2C(=O)O)C1. The summed E-state index contributed by atoms with van der Waals surface area (Å²) in [5.74, 6) is -1.88. The van der Waals surface area contributed by atoms with Gasteiger partial charge >= 0.3 is 11.9 Å². The molecule has 0 amide bonds. The van der Waals surface area contributed by atoms with Crippen molar-refractivity contribution in [3.63, 3.8) is 0 Å². The molecule has 1 saturated carbocycles. The molecular formula is C12H14O4S. The molecule has 5 heteroatoms. The first-order valence-corrected chi connectivity index (χ1v) is 6.22. The van der Waals surface area contributed by atoms with Crippen LogP contribution in [0, 0.1) is 5.41 Å². The maximum Gasteiger partial charge on any atom is 0.346 e. The molecule has 0 aliphatic heterocycles. The lowest BCUT2D eigenvalue weighted by Crippen LogP contribution is -2.30. The van der Waals surface area contributed by atoms with Crippen LogP contribution in [0.4, 0.5) is 0 Å². The first-order valence-electron chi connectivity index (χ1n) is 5.40. The largest absolute Gasteiger partial charge is 0.477 e. The zero-order valence-electron chi connectivity index (χ0n) is 9.69. The summed E-state index contributed by atoms with van der Waals surface area (Å²) < 4.78 is 0. The predicted octanol–water partition coefficient (Wildman–Crippen LogP) is 3.05. The second kappa shape index (κ2) is 3.84. The fraction of sp³-hybridized carbons (Fsp3) is 0.500. The Morgan fingerprint density at radius 2 is 1.88 bits per heavy atom. The van der Waals surface area contributed by atoms with E-state index in [0.717, 1.165) is 24.2 Å². The Labute approximate surface area is 103 Å².